The van der Waals surface area contributed by atoms with Gasteiger partial charge in [-0.1, -0.05) is 24.3 Å². The van der Waals surface area contributed by atoms with Crippen molar-refractivity contribution in [2.75, 3.05) is 13.3 Å². The minimum absolute atomic E-state index is 0.119. The number of benzene rings is 1. The van der Waals surface area contributed by atoms with Crippen molar-refractivity contribution >= 4 is 5.97 Å². The highest BCUT2D eigenvalue weighted by molar-refractivity contribution is 5.94. The van der Waals surface area contributed by atoms with Crippen LogP contribution in [-0.4, -0.2) is 34.7 Å². The van der Waals surface area contributed by atoms with E-state index in [-0.39, 0.29) is 18.7 Å². The monoisotopic (exact) mass is 263 g/mol. The van der Waals surface area contributed by atoms with Crippen molar-refractivity contribution in [3.63, 3.8) is 0 Å². The lowest BCUT2D eigenvalue weighted by atomic mass is 10.0. The molecule has 0 saturated heterocycles. The molecule has 1 heterocycles. The molecule has 2 rings (SSSR count). The van der Waals surface area contributed by atoms with Gasteiger partial charge in [-0.3, -0.25) is 4.39 Å². The summed E-state index contributed by atoms with van der Waals surface area (Å²) in [6.07, 6.45) is 0.269. The summed E-state index contributed by atoms with van der Waals surface area (Å²) in [5.74, 6) is -0.540. The molecular weight excluding hydrogens is 249 g/mol. The predicted octanol–water partition coefficient (Wildman–Crippen LogP) is 2.16. The molecule has 5 nitrogen and oxygen atoms in total. The number of aromatic nitrogens is 3. The highest BCUT2D eigenvalue weighted by atomic mass is 19.1. The molecule has 0 bridgehead atoms. The number of carbonyl (C=O) groups excluding carboxylic acids is 1. The second-order valence-corrected chi connectivity index (χ2v) is 3.84. The van der Waals surface area contributed by atoms with Gasteiger partial charge < -0.3 is 4.74 Å². The van der Waals surface area contributed by atoms with Gasteiger partial charge in [0.05, 0.1) is 13.3 Å². The second kappa shape index (κ2) is 6.08. The lowest BCUT2D eigenvalue weighted by Crippen LogP contribution is -2.07. The average Bonchev–Trinajstić information content (AvgIpc) is 2.89. The minimum atomic E-state index is -0.540. The summed E-state index contributed by atoms with van der Waals surface area (Å²) in [6.45, 7) is 1.51. The lowest BCUT2D eigenvalue weighted by Gasteiger charge is -2.06. The Kier molecular flexibility index (Phi) is 4.22. The van der Waals surface area contributed by atoms with Gasteiger partial charge in [0.1, 0.15) is 5.69 Å². The van der Waals surface area contributed by atoms with Gasteiger partial charge in [-0.05, 0) is 12.5 Å². The first-order chi connectivity index (χ1) is 9.27. The molecule has 0 spiro atoms. The Hall–Kier alpha value is -2.24. The first-order valence-corrected chi connectivity index (χ1v) is 6.00. The number of rotatable bonds is 5. The summed E-state index contributed by atoms with van der Waals surface area (Å²) >= 11 is 0. The molecule has 0 radical (unpaired) electrons. The molecule has 0 amide bonds. The number of aryl methyl sites for hydroxylation is 1. The zero-order valence-corrected chi connectivity index (χ0v) is 10.5. The molecule has 1 aromatic carbocycles. The van der Waals surface area contributed by atoms with Crippen molar-refractivity contribution in [3.05, 3.63) is 35.5 Å². The van der Waals surface area contributed by atoms with Crippen molar-refractivity contribution in [1.29, 1.82) is 0 Å². The van der Waals surface area contributed by atoms with Gasteiger partial charge in [0.2, 0.25) is 0 Å². The molecule has 1 aromatic heterocycles. The van der Waals surface area contributed by atoms with Crippen LogP contribution >= 0.6 is 0 Å². The minimum Gasteiger partial charge on any atom is -0.461 e. The number of nitrogens with zero attached hydrogens (tertiary/aromatic N) is 2. The van der Waals surface area contributed by atoms with Crippen LogP contribution in [0.1, 0.15) is 23.0 Å². The van der Waals surface area contributed by atoms with Crippen LogP contribution in [0.5, 0.6) is 0 Å². The van der Waals surface area contributed by atoms with Crippen molar-refractivity contribution in [2.24, 2.45) is 0 Å². The van der Waals surface area contributed by atoms with E-state index in [9.17, 15) is 9.18 Å². The van der Waals surface area contributed by atoms with Crippen LogP contribution in [0.25, 0.3) is 11.3 Å². The Balaban J connectivity index is 2.42. The fourth-order valence-corrected chi connectivity index (χ4v) is 1.83. The van der Waals surface area contributed by atoms with Crippen LogP contribution < -0.4 is 0 Å². The second-order valence-electron chi connectivity index (χ2n) is 3.84. The maximum Gasteiger partial charge on any atom is 0.361 e. The molecule has 1 N–H and O–H groups in total. The summed E-state index contributed by atoms with van der Waals surface area (Å²) in [4.78, 5) is 11.8. The Bertz CT molecular complexity index is 569. The number of halogens is 1. The van der Waals surface area contributed by atoms with E-state index in [2.05, 4.69) is 15.4 Å². The SMILES string of the molecule is CCOC(=O)c1n[nH]nc1-c1ccccc1CCF. The van der Waals surface area contributed by atoms with E-state index < -0.39 is 12.6 Å². The Morgan fingerprint density at radius 1 is 1.37 bits per heavy atom. The molecule has 0 unspecified atom stereocenters. The normalized spacial score (nSPS) is 10.4. The van der Waals surface area contributed by atoms with Crippen molar-refractivity contribution in [2.45, 2.75) is 13.3 Å². The van der Waals surface area contributed by atoms with Crippen LogP contribution in [0.3, 0.4) is 0 Å². The van der Waals surface area contributed by atoms with Crippen LogP contribution in [0.15, 0.2) is 24.3 Å². The number of H-pyrrole nitrogens is 1. The van der Waals surface area contributed by atoms with Crippen molar-refractivity contribution < 1.29 is 13.9 Å². The Labute approximate surface area is 109 Å². The van der Waals surface area contributed by atoms with Crippen LogP contribution in [0.2, 0.25) is 0 Å². The smallest absolute Gasteiger partial charge is 0.361 e. The highest BCUT2D eigenvalue weighted by Crippen LogP contribution is 2.24. The van der Waals surface area contributed by atoms with E-state index in [1.165, 1.54) is 0 Å². The number of carbonyl (C=O) groups is 1. The van der Waals surface area contributed by atoms with E-state index in [1.54, 1.807) is 25.1 Å². The van der Waals surface area contributed by atoms with Gasteiger partial charge in [-0.25, -0.2) is 4.79 Å². The van der Waals surface area contributed by atoms with Gasteiger partial charge in [0.15, 0.2) is 5.69 Å². The standard InChI is InChI=1S/C13H14FN3O2/c1-2-19-13(18)12-11(15-17-16-12)10-6-4-3-5-9(10)7-8-14/h3-6H,2,7-8H2,1H3,(H,15,16,17). The van der Waals surface area contributed by atoms with E-state index in [0.717, 1.165) is 5.56 Å². The first-order valence-electron chi connectivity index (χ1n) is 6.00. The molecule has 2 aromatic rings. The Morgan fingerprint density at radius 2 is 2.16 bits per heavy atom. The van der Waals surface area contributed by atoms with Gasteiger partial charge >= 0.3 is 5.97 Å². The van der Waals surface area contributed by atoms with Crippen molar-refractivity contribution in [1.82, 2.24) is 15.4 Å². The largest absolute Gasteiger partial charge is 0.461 e. The maximum atomic E-state index is 12.5. The zero-order chi connectivity index (χ0) is 13.7. The summed E-state index contributed by atoms with van der Waals surface area (Å²) in [5, 5.41) is 10.2. The summed E-state index contributed by atoms with van der Waals surface area (Å²) in [5.41, 5.74) is 1.98. The third-order valence-corrected chi connectivity index (χ3v) is 2.65. The molecule has 6 heteroatoms. The lowest BCUT2D eigenvalue weighted by molar-refractivity contribution is 0.0520. The predicted molar refractivity (Wildman–Crippen MR) is 67.5 cm³/mol. The summed E-state index contributed by atoms with van der Waals surface area (Å²) in [7, 11) is 0. The van der Waals surface area contributed by atoms with E-state index in [0.29, 0.717) is 11.3 Å². The molecule has 0 aliphatic rings. The van der Waals surface area contributed by atoms with Crippen LogP contribution in [-0.2, 0) is 11.2 Å². The number of hydrogen-bond donors (Lipinski definition) is 1. The van der Waals surface area contributed by atoms with Crippen LogP contribution in [0, 0.1) is 0 Å². The van der Waals surface area contributed by atoms with Crippen molar-refractivity contribution in [3.8, 4) is 11.3 Å². The van der Waals surface area contributed by atoms with Gasteiger partial charge in [0, 0.05) is 12.0 Å². The number of aromatic amines is 1. The number of nitrogens with one attached hydrogen (secondary N) is 1. The summed E-state index contributed by atoms with van der Waals surface area (Å²) < 4.78 is 17.5. The number of esters is 1. The Morgan fingerprint density at radius 3 is 2.89 bits per heavy atom. The molecule has 0 aliphatic carbocycles. The van der Waals surface area contributed by atoms with Gasteiger partial charge in [-0.2, -0.15) is 10.3 Å². The fourth-order valence-electron chi connectivity index (χ4n) is 1.83. The van der Waals surface area contributed by atoms with Gasteiger partial charge in [-0.15, -0.1) is 5.10 Å². The van der Waals surface area contributed by atoms with E-state index >= 15 is 0 Å². The summed E-state index contributed by atoms with van der Waals surface area (Å²) in [6, 6.07) is 7.21. The number of ether oxygens (including phenoxy) is 1. The zero-order valence-electron chi connectivity index (χ0n) is 10.5. The topological polar surface area (TPSA) is 67.9 Å². The number of hydrogen-bond acceptors (Lipinski definition) is 4. The third-order valence-electron chi connectivity index (χ3n) is 2.65. The van der Waals surface area contributed by atoms with Gasteiger partial charge in [0.25, 0.3) is 0 Å². The molecular formula is C13H14FN3O2. The number of alkyl halides is 1. The van der Waals surface area contributed by atoms with Crippen LogP contribution in [0.4, 0.5) is 4.39 Å². The maximum absolute atomic E-state index is 12.5. The molecule has 0 fully saturated rings. The molecule has 0 aliphatic heterocycles. The molecule has 19 heavy (non-hydrogen) atoms. The highest BCUT2D eigenvalue weighted by Gasteiger charge is 2.20. The fraction of sp³-hybridized carbons (Fsp3) is 0.308. The molecule has 0 atom stereocenters. The molecule has 100 valence electrons. The quantitative estimate of drug-likeness (QED) is 0.839. The third kappa shape index (κ3) is 2.78. The molecule has 0 saturated carbocycles. The van der Waals surface area contributed by atoms with E-state index in [1.807, 2.05) is 6.07 Å². The van der Waals surface area contributed by atoms with E-state index in [4.69, 9.17) is 4.74 Å². The first kappa shape index (κ1) is 13.2. The average molecular weight is 263 g/mol.